The van der Waals surface area contributed by atoms with E-state index in [0.29, 0.717) is 11.3 Å². The van der Waals surface area contributed by atoms with Gasteiger partial charge in [0.2, 0.25) is 5.78 Å². The predicted molar refractivity (Wildman–Crippen MR) is 138 cm³/mol. The smallest absolute Gasteiger partial charge is 0.407 e. The number of hydrogen-bond acceptors (Lipinski definition) is 10. The quantitative estimate of drug-likeness (QED) is 0.286. The second kappa shape index (κ2) is 9.92. The summed E-state index contributed by atoms with van der Waals surface area (Å²) in [5.74, 6) is -6.75. The maximum absolute atomic E-state index is 13.8. The zero-order chi connectivity index (χ0) is 29.0. The molecule has 4 rings (SSSR count). The lowest BCUT2D eigenvalue weighted by Gasteiger charge is -2.46. The number of carbonyl (C=O) groups excluding carboxylic acids is 4. The van der Waals surface area contributed by atoms with E-state index in [2.05, 4.69) is 5.32 Å². The van der Waals surface area contributed by atoms with Gasteiger partial charge in [-0.3, -0.25) is 14.4 Å². The Morgan fingerprint density at radius 3 is 2.46 bits per heavy atom. The van der Waals surface area contributed by atoms with Gasteiger partial charge in [-0.15, -0.1) is 0 Å². The van der Waals surface area contributed by atoms with Crippen LogP contribution >= 0.6 is 0 Å². The van der Waals surface area contributed by atoms with E-state index in [1.807, 2.05) is 13.8 Å². The Balaban J connectivity index is 1.78. The van der Waals surface area contributed by atoms with Crippen LogP contribution in [0.1, 0.15) is 48.2 Å². The maximum Gasteiger partial charge on any atom is 0.407 e. The SMILES string of the molecule is CC(C)COC(=O)NCc1cc(N(C)C)c2c(c1O)C(=O)C1=C(O)[C@]3(O)C(=O)C(C(N)=O)=C(O)C[C@@H]3C[C@@H]1C2. The minimum atomic E-state index is -2.63. The van der Waals surface area contributed by atoms with Crippen molar-refractivity contribution in [3.8, 4) is 5.75 Å². The fourth-order valence-electron chi connectivity index (χ4n) is 5.72. The Bertz CT molecular complexity index is 1340. The number of phenolic OH excluding ortho intramolecular Hbond substituents is 1. The third-order valence-corrected chi connectivity index (χ3v) is 7.57. The van der Waals surface area contributed by atoms with Gasteiger partial charge in [0.15, 0.2) is 11.4 Å². The van der Waals surface area contributed by atoms with Crippen LogP contribution in [0.15, 0.2) is 28.7 Å². The van der Waals surface area contributed by atoms with Gasteiger partial charge in [-0.1, -0.05) is 13.8 Å². The highest BCUT2D eigenvalue weighted by Gasteiger charge is 2.59. The van der Waals surface area contributed by atoms with Crippen LogP contribution in [0.4, 0.5) is 10.5 Å². The van der Waals surface area contributed by atoms with Crippen molar-refractivity contribution in [3.05, 3.63) is 45.4 Å². The summed E-state index contributed by atoms with van der Waals surface area (Å²) in [6, 6.07) is 1.65. The predicted octanol–water partition coefficient (Wildman–Crippen LogP) is 1.53. The maximum atomic E-state index is 13.8. The monoisotopic (exact) mass is 543 g/mol. The molecule has 2 amide bonds. The fraction of sp³-hybridized carbons (Fsp3) is 0.481. The lowest BCUT2D eigenvalue weighted by atomic mass is 9.60. The van der Waals surface area contributed by atoms with Crippen LogP contribution in [-0.2, 0) is 27.3 Å². The Hall–Kier alpha value is -4.06. The number of Topliss-reactive ketones (excluding diaryl/α,β-unsaturated/α-hetero) is 2. The number of nitrogens with one attached hydrogen (secondary N) is 1. The number of aliphatic hydroxyl groups excluding tert-OH is 2. The van der Waals surface area contributed by atoms with Crippen molar-refractivity contribution >= 4 is 29.3 Å². The minimum Gasteiger partial charge on any atom is -0.511 e. The molecule has 210 valence electrons. The second-order valence-corrected chi connectivity index (χ2v) is 10.9. The standard InChI is InChI=1S/C27H33N3O9/c1-11(2)10-39-26(37)29-9-13-7-16(30(3)4)15-6-12-5-14-8-17(31)20(25(28)36)24(35)27(14,38)23(34)18(12)22(33)19(15)21(13)32/h7,11-12,14,31-32,34,38H,5-6,8-10H2,1-4H3,(H2,28,36)(H,29,37)/t12-,14+,27+/m1/s1. The van der Waals surface area contributed by atoms with Crippen molar-refractivity contribution in [1.29, 1.82) is 0 Å². The Labute approximate surface area is 224 Å². The first-order chi connectivity index (χ1) is 18.2. The van der Waals surface area contributed by atoms with Crippen LogP contribution in [0.5, 0.6) is 5.75 Å². The summed E-state index contributed by atoms with van der Waals surface area (Å²) in [4.78, 5) is 52.6. The number of ketones is 2. The number of benzene rings is 1. The van der Waals surface area contributed by atoms with Gasteiger partial charge < -0.3 is 41.1 Å². The molecule has 3 aliphatic rings. The molecule has 12 nitrogen and oxygen atoms in total. The third-order valence-electron chi connectivity index (χ3n) is 7.57. The summed E-state index contributed by atoms with van der Waals surface area (Å²) in [5, 5.41) is 46.6. The fourth-order valence-corrected chi connectivity index (χ4v) is 5.72. The highest BCUT2D eigenvalue weighted by atomic mass is 16.5. The molecule has 3 aliphatic carbocycles. The number of anilines is 1. The number of fused-ring (bicyclic) bond motifs is 3. The summed E-state index contributed by atoms with van der Waals surface area (Å²) in [6.07, 6.45) is -0.767. The number of ether oxygens (including phenoxy) is 1. The van der Waals surface area contributed by atoms with Gasteiger partial charge in [0, 0.05) is 49.8 Å². The number of carbonyl (C=O) groups is 4. The molecule has 0 bridgehead atoms. The van der Waals surface area contributed by atoms with Gasteiger partial charge in [-0.05, 0) is 36.3 Å². The van der Waals surface area contributed by atoms with Crippen molar-refractivity contribution in [3.63, 3.8) is 0 Å². The van der Waals surface area contributed by atoms with Crippen molar-refractivity contribution in [2.45, 2.75) is 45.3 Å². The molecule has 12 heteroatoms. The van der Waals surface area contributed by atoms with Crippen molar-refractivity contribution in [2.24, 2.45) is 23.5 Å². The van der Waals surface area contributed by atoms with E-state index < -0.39 is 63.8 Å². The van der Waals surface area contributed by atoms with E-state index >= 15 is 0 Å². The number of aliphatic hydroxyl groups is 3. The minimum absolute atomic E-state index is 0.0432. The Morgan fingerprint density at radius 2 is 1.87 bits per heavy atom. The van der Waals surface area contributed by atoms with Crippen LogP contribution < -0.4 is 16.0 Å². The zero-order valence-electron chi connectivity index (χ0n) is 22.2. The lowest BCUT2D eigenvalue weighted by molar-refractivity contribution is -0.144. The molecule has 0 saturated heterocycles. The summed E-state index contributed by atoms with van der Waals surface area (Å²) in [5.41, 5.74) is 2.73. The topological polar surface area (TPSA) is 200 Å². The molecule has 0 spiro atoms. The summed E-state index contributed by atoms with van der Waals surface area (Å²) >= 11 is 0. The van der Waals surface area contributed by atoms with Crippen molar-refractivity contribution in [2.75, 3.05) is 25.6 Å². The van der Waals surface area contributed by atoms with E-state index in [1.165, 1.54) is 0 Å². The number of rotatable bonds is 6. The highest BCUT2D eigenvalue weighted by Crippen LogP contribution is 2.52. The average molecular weight is 544 g/mol. The average Bonchev–Trinajstić information content (AvgIpc) is 2.84. The van der Waals surface area contributed by atoms with Crippen molar-refractivity contribution in [1.82, 2.24) is 5.32 Å². The van der Waals surface area contributed by atoms with Gasteiger partial charge in [-0.25, -0.2) is 4.79 Å². The van der Waals surface area contributed by atoms with Gasteiger partial charge in [0.25, 0.3) is 5.91 Å². The van der Waals surface area contributed by atoms with Crippen LogP contribution in [0.3, 0.4) is 0 Å². The summed E-state index contributed by atoms with van der Waals surface area (Å²) < 4.78 is 5.10. The molecule has 0 aliphatic heterocycles. The van der Waals surface area contributed by atoms with Crippen molar-refractivity contribution < 1.29 is 44.3 Å². The number of allylic oxidation sites excluding steroid dienone is 2. The molecule has 0 radical (unpaired) electrons. The van der Waals surface area contributed by atoms with Gasteiger partial charge in [0.05, 0.1) is 12.2 Å². The van der Waals surface area contributed by atoms with E-state index in [9.17, 15) is 39.6 Å². The molecule has 7 N–H and O–H groups in total. The molecular weight excluding hydrogens is 510 g/mol. The molecular formula is C27H33N3O9. The number of aromatic hydroxyl groups is 1. The number of nitrogens with zero attached hydrogens (tertiary/aromatic N) is 1. The molecule has 1 aromatic carbocycles. The molecule has 1 aromatic rings. The number of amides is 2. The molecule has 39 heavy (non-hydrogen) atoms. The molecule has 0 saturated carbocycles. The first-order valence-corrected chi connectivity index (χ1v) is 12.6. The number of primary amides is 1. The normalized spacial score (nSPS) is 24.3. The van der Waals surface area contributed by atoms with Gasteiger partial charge >= 0.3 is 6.09 Å². The van der Waals surface area contributed by atoms with Crippen LogP contribution in [0.25, 0.3) is 0 Å². The molecule has 0 unspecified atom stereocenters. The van der Waals surface area contributed by atoms with Crippen LogP contribution in [0.2, 0.25) is 0 Å². The van der Waals surface area contributed by atoms with Gasteiger partial charge in [0.1, 0.15) is 22.8 Å². The first kappa shape index (κ1) is 28.0. The highest BCUT2D eigenvalue weighted by molar-refractivity contribution is 6.24. The number of hydrogen-bond donors (Lipinski definition) is 6. The lowest BCUT2D eigenvalue weighted by Crippen LogP contribution is -2.57. The summed E-state index contributed by atoms with van der Waals surface area (Å²) in [7, 11) is 3.50. The third kappa shape index (κ3) is 4.48. The molecule has 0 fully saturated rings. The number of phenols is 1. The van der Waals surface area contributed by atoms with E-state index in [4.69, 9.17) is 10.5 Å². The number of nitrogens with two attached hydrogens (primary N) is 1. The molecule has 3 atom stereocenters. The second-order valence-electron chi connectivity index (χ2n) is 10.9. The number of alkyl carbamates (subject to hydrolysis) is 1. The van der Waals surface area contributed by atoms with E-state index in [0.717, 1.165) is 0 Å². The zero-order valence-corrected chi connectivity index (χ0v) is 22.2. The molecule has 0 aromatic heterocycles. The largest absolute Gasteiger partial charge is 0.511 e. The van der Waals surface area contributed by atoms with Crippen LogP contribution in [0, 0.1) is 17.8 Å². The van der Waals surface area contributed by atoms with Gasteiger partial charge in [-0.2, -0.15) is 0 Å². The van der Waals surface area contributed by atoms with Crippen LogP contribution in [-0.4, -0.2) is 70.3 Å². The van der Waals surface area contributed by atoms with E-state index in [1.54, 1.807) is 25.1 Å². The first-order valence-electron chi connectivity index (χ1n) is 12.6. The summed E-state index contributed by atoms with van der Waals surface area (Å²) in [6.45, 7) is 3.81. The Morgan fingerprint density at radius 1 is 1.21 bits per heavy atom. The van der Waals surface area contributed by atoms with E-state index in [-0.39, 0.29) is 55.0 Å². The molecule has 0 heterocycles. The Kier molecular flexibility index (Phi) is 7.11.